The van der Waals surface area contributed by atoms with Gasteiger partial charge >= 0.3 is 5.97 Å². The maximum atomic E-state index is 12.2. The van der Waals surface area contributed by atoms with Crippen molar-refractivity contribution in [3.05, 3.63) is 18.2 Å². The van der Waals surface area contributed by atoms with Crippen molar-refractivity contribution in [3.8, 4) is 0 Å². The lowest BCUT2D eigenvalue weighted by atomic mass is 10.0. The van der Waals surface area contributed by atoms with Crippen LogP contribution in [0.2, 0.25) is 0 Å². The number of ether oxygens (including phenoxy) is 1. The van der Waals surface area contributed by atoms with Crippen molar-refractivity contribution in [1.29, 1.82) is 0 Å². The Morgan fingerprint density at radius 1 is 1.29 bits per heavy atom. The molecule has 1 aliphatic heterocycles. The van der Waals surface area contributed by atoms with Crippen molar-refractivity contribution in [1.82, 2.24) is 14.5 Å². The second-order valence-electron chi connectivity index (χ2n) is 6.00. The van der Waals surface area contributed by atoms with Crippen molar-refractivity contribution >= 4 is 11.9 Å². The number of rotatable bonds is 4. The van der Waals surface area contributed by atoms with Crippen LogP contribution in [0.1, 0.15) is 43.5 Å². The van der Waals surface area contributed by atoms with Gasteiger partial charge in [0.1, 0.15) is 12.6 Å². The summed E-state index contributed by atoms with van der Waals surface area (Å²) in [6, 6.07) is -0.0369. The Bertz CT molecular complexity index is 591. The lowest BCUT2D eigenvalue weighted by Gasteiger charge is -2.39. The second kappa shape index (κ2) is 4.56. The van der Waals surface area contributed by atoms with Crippen LogP contribution in [-0.2, 0) is 14.3 Å². The molecule has 1 aromatic heterocycles. The smallest absolute Gasteiger partial charge is 0.335 e. The molecule has 2 saturated carbocycles. The van der Waals surface area contributed by atoms with Gasteiger partial charge < -0.3 is 19.3 Å². The van der Waals surface area contributed by atoms with Gasteiger partial charge in [-0.15, -0.1) is 0 Å². The van der Waals surface area contributed by atoms with Crippen molar-refractivity contribution in [2.45, 2.75) is 49.9 Å². The van der Waals surface area contributed by atoms with Crippen LogP contribution in [0.5, 0.6) is 0 Å². The third-order valence-electron chi connectivity index (χ3n) is 4.38. The summed E-state index contributed by atoms with van der Waals surface area (Å²) in [4.78, 5) is 29.7. The van der Waals surface area contributed by atoms with Crippen LogP contribution in [-0.4, -0.2) is 50.2 Å². The molecule has 2 heterocycles. The molecule has 1 aromatic rings. The van der Waals surface area contributed by atoms with E-state index in [0.29, 0.717) is 6.04 Å². The highest BCUT2D eigenvalue weighted by Gasteiger charge is 2.49. The van der Waals surface area contributed by atoms with Gasteiger partial charge in [0.05, 0.1) is 18.2 Å². The summed E-state index contributed by atoms with van der Waals surface area (Å²) in [5, 5.41) is 9.47. The van der Waals surface area contributed by atoms with Gasteiger partial charge in [0.2, 0.25) is 5.91 Å². The second-order valence-corrected chi connectivity index (χ2v) is 6.00. The first-order valence-electron chi connectivity index (χ1n) is 7.34. The average molecular weight is 291 g/mol. The zero-order valence-corrected chi connectivity index (χ0v) is 11.5. The van der Waals surface area contributed by atoms with E-state index in [4.69, 9.17) is 4.74 Å². The molecule has 112 valence electrons. The number of morpholine rings is 1. The number of aliphatic carboxylic acids is 1. The number of carboxylic acids is 1. The summed E-state index contributed by atoms with van der Waals surface area (Å²) >= 11 is 0. The molecule has 0 bridgehead atoms. The number of carbonyl (C=O) groups is 2. The van der Waals surface area contributed by atoms with Crippen molar-refractivity contribution in [3.63, 3.8) is 0 Å². The zero-order valence-electron chi connectivity index (χ0n) is 11.5. The van der Waals surface area contributed by atoms with Crippen LogP contribution >= 0.6 is 0 Å². The molecular formula is C14H17N3O4. The average Bonchev–Trinajstić information content (AvgIpc) is 3.37. The molecule has 21 heavy (non-hydrogen) atoms. The van der Waals surface area contributed by atoms with Gasteiger partial charge in [0.25, 0.3) is 0 Å². The van der Waals surface area contributed by atoms with Crippen LogP contribution in [0.25, 0.3) is 0 Å². The number of nitrogens with zero attached hydrogens (tertiary/aromatic N) is 3. The number of carbonyl (C=O) groups excluding carboxylic acids is 1. The van der Waals surface area contributed by atoms with E-state index in [9.17, 15) is 14.7 Å². The molecule has 0 aromatic carbocycles. The number of carboxylic acid groups (broad SMARTS) is 1. The van der Waals surface area contributed by atoms with E-state index >= 15 is 0 Å². The predicted octanol–water partition coefficient (Wildman–Crippen LogP) is 0.733. The molecule has 1 N–H and O–H groups in total. The molecule has 2 unspecified atom stereocenters. The molecule has 0 radical (unpaired) electrons. The van der Waals surface area contributed by atoms with E-state index in [2.05, 4.69) is 4.98 Å². The molecule has 0 spiro atoms. The first-order chi connectivity index (χ1) is 10.2. The summed E-state index contributed by atoms with van der Waals surface area (Å²) in [7, 11) is 0. The number of hydrogen-bond donors (Lipinski definition) is 1. The topological polar surface area (TPSA) is 84.7 Å². The Hall–Kier alpha value is -1.89. The first kappa shape index (κ1) is 12.8. The van der Waals surface area contributed by atoms with E-state index < -0.39 is 18.1 Å². The molecule has 2 aliphatic carbocycles. The van der Waals surface area contributed by atoms with Crippen LogP contribution in [0.4, 0.5) is 0 Å². The fourth-order valence-electron chi connectivity index (χ4n) is 3.12. The minimum Gasteiger partial charge on any atom is -0.479 e. The standard InChI is InChI=1S/C14H17N3O4/c18-11-6-21-13(14(19)20)12(17(11)9-3-4-9)10-5-15-7-16(10)8-1-2-8/h5,7-9,12-13H,1-4,6H2,(H,19,20). The van der Waals surface area contributed by atoms with Gasteiger partial charge in [0.15, 0.2) is 6.10 Å². The zero-order chi connectivity index (χ0) is 14.6. The van der Waals surface area contributed by atoms with Crippen LogP contribution in [0, 0.1) is 0 Å². The van der Waals surface area contributed by atoms with E-state index in [1.807, 2.05) is 4.57 Å². The highest BCUT2D eigenvalue weighted by Crippen LogP contribution is 2.43. The summed E-state index contributed by atoms with van der Waals surface area (Å²) in [5.74, 6) is -1.15. The summed E-state index contributed by atoms with van der Waals surface area (Å²) in [5.41, 5.74) is 0.782. The first-order valence-corrected chi connectivity index (χ1v) is 7.34. The molecule has 7 nitrogen and oxygen atoms in total. The van der Waals surface area contributed by atoms with E-state index in [-0.39, 0.29) is 18.6 Å². The predicted molar refractivity (Wildman–Crippen MR) is 70.5 cm³/mol. The summed E-state index contributed by atoms with van der Waals surface area (Å²) in [6.07, 6.45) is 6.42. The van der Waals surface area contributed by atoms with E-state index in [1.165, 1.54) is 0 Å². The van der Waals surface area contributed by atoms with Gasteiger partial charge in [-0.25, -0.2) is 9.78 Å². The third kappa shape index (κ3) is 2.12. The number of aromatic nitrogens is 2. The van der Waals surface area contributed by atoms with Crippen LogP contribution in [0.3, 0.4) is 0 Å². The van der Waals surface area contributed by atoms with Crippen molar-refractivity contribution in [2.75, 3.05) is 6.61 Å². The number of imidazole rings is 1. The summed E-state index contributed by atoms with van der Waals surface area (Å²) < 4.78 is 7.33. The highest BCUT2D eigenvalue weighted by molar-refractivity contribution is 5.83. The SMILES string of the molecule is O=C(O)C1OCC(=O)N(C2CC2)C1c1cncn1C1CC1. The Kier molecular flexibility index (Phi) is 2.78. The highest BCUT2D eigenvalue weighted by atomic mass is 16.5. The van der Waals surface area contributed by atoms with Gasteiger partial charge in [0, 0.05) is 12.1 Å². The third-order valence-corrected chi connectivity index (χ3v) is 4.38. The maximum Gasteiger partial charge on any atom is 0.335 e. The Morgan fingerprint density at radius 2 is 2.00 bits per heavy atom. The van der Waals surface area contributed by atoms with Gasteiger partial charge in [-0.05, 0) is 25.7 Å². The molecule has 2 atom stereocenters. The lowest BCUT2D eigenvalue weighted by molar-refractivity contribution is -0.174. The van der Waals surface area contributed by atoms with E-state index in [0.717, 1.165) is 31.4 Å². The lowest BCUT2D eigenvalue weighted by Crippen LogP contribution is -2.53. The van der Waals surface area contributed by atoms with Crippen LogP contribution < -0.4 is 0 Å². The normalized spacial score (nSPS) is 29.7. The largest absolute Gasteiger partial charge is 0.479 e. The Balaban J connectivity index is 1.76. The molecule has 3 aliphatic rings. The molecule has 4 rings (SSSR count). The molecule has 3 fully saturated rings. The minimum absolute atomic E-state index is 0.122. The molecular weight excluding hydrogens is 274 g/mol. The van der Waals surface area contributed by atoms with Gasteiger partial charge in [-0.3, -0.25) is 4.79 Å². The van der Waals surface area contributed by atoms with Crippen molar-refractivity contribution in [2.24, 2.45) is 0 Å². The van der Waals surface area contributed by atoms with Gasteiger partial charge in [-0.1, -0.05) is 0 Å². The van der Waals surface area contributed by atoms with E-state index in [1.54, 1.807) is 17.4 Å². The molecule has 1 saturated heterocycles. The fourth-order valence-corrected chi connectivity index (χ4v) is 3.12. The van der Waals surface area contributed by atoms with Crippen LogP contribution in [0.15, 0.2) is 12.5 Å². The Morgan fingerprint density at radius 3 is 2.62 bits per heavy atom. The maximum absolute atomic E-state index is 12.2. The number of amides is 1. The quantitative estimate of drug-likeness (QED) is 0.884. The van der Waals surface area contributed by atoms with Crippen molar-refractivity contribution < 1.29 is 19.4 Å². The molecule has 7 heteroatoms. The Labute approximate surface area is 121 Å². The van der Waals surface area contributed by atoms with Gasteiger partial charge in [-0.2, -0.15) is 0 Å². The molecule has 1 amide bonds. The minimum atomic E-state index is -1.03. The number of hydrogen-bond acceptors (Lipinski definition) is 4. The summed E-state index contributed by atoms with van der Waals surface area (Å²) in [6.45, 7) is -0.151. The monoisotopic (exact) mass is 291 g/mol. The fraction of sp³-hybridized carbons (Fsp3) is 0.643.